The van der Waals surface area contributed by atoms with Crippen molar-refractivity contribution in [1.29, 1.82) is 0 Å². The summed E-state index contributed by atoms with van der Waals surface area (Å²) in [4.78, 5) is 28.8. The lowest BCUT2D eigenvalue weighted by Crippen LogP contribution is -2.26. The number of para-hydroxylation sites is 1. The van der Waals surface area contributed by atoms with Crippen LogP contribution in [0.2, 0.25) is 0 Å². The summed E-state index contributed by atoms with van der Waals surface area (Å²) in [5.41, 5.74) is 5.61. The molecule has 4 rings (SSSR count). The number of amides is 1. The zero-order valence-electron chi connectivity index (χ0n) is 16.6. The average Bonchev–Trinajstić information content (AvgIpc) is 2.83. The molecule has 1 amide bonds. The third kappa shape index (κ3) is 5.00. The van der Waals surface area contributed by atoms with Crippen LogP contribution in [0.15, 0.2) is 102 Å². The highest BCUT2D eigenvalue weighted by molar-refractivity contribution is 6.13. The predicted octanol–water partition coefficient (Wildman–Crippen LogP) is 3.96. The first-order valence-corrected chi connectivity index (χ1v) is 9.71. The van der Waals surface area contributed by atoms with Gasteiger partial charge in [0.1, 0.15) is 5.69 Å². The summed E-state index contributed by atoms with van der Waals surface area (Å²) in [7, 11) is 0. The van der Waals surface area contributed by atoms with E-state index in [-0.39, 0.29) is 5.69 Å². The monoisotopic (exact) mass is 409 g/mol. The number of rotatable bonds is 6. The van der Waals surface area contributed by atoms with Gasteiger partial charge < -0.3 is 4.74 Å². The van der Waals surface area contributed by atoms with Gasteiger partial charge in [-0.05, 0) is 12.1 Å². The number of carbonyl (C=O) groups is 2. The van der Waals surface area contributed by atoms with Crippen LogP contribution in [0.5, 0.6) is 0 Å². The molecule has 0 aliphatic carbocycles. The van der Waals surface area contributed by atoms with E-state index in [1.165, 1.54) is 0 Å². The van der Waals surface area contributed by atoms with E-state index >= 15 is 0 Å². The van der Waals surface area contributed by atoms with Gasteiger partial charge in [-0.15, -0.1) is 0 Å². The maximum atomic E-state index is 12.3. The Morgan fingerprint density at radius 2 is 1.39 bits per heavy atom. The lowest BCUT2D eigenvalue weighted by atomic mass is 10.0. The van der Waals surface area contributed by atoms with E-state index in [9.17, 15) is 9.59 Å². The second kappa shape index (κ2) is 9.45. The fourth-order valence-electron chi connectivity index (χ4n) is 3.02. The standard InChI is InChI=1S/C25H19N3O3/c29-23(17-31-25(30)22-16-15-18-9-7-8-14-21(18)26-22)27-28-24(19-10-3-1-4-11-19)20-12-5-2-6-13-20/h1-16H,17H2,(H,27,29). The van der Waals surface area contributed by atoms with Crippen molar-refractivity contribution < 1.29 is 14.3 Å². The van der Waals surface area contributed by atoms with Crippen molar-refractivity contribution in [3.05, 3.63) is 114 Å². The quantitative estimate of drug-likeness (QED) is 0.297. The van der Waals surface area contributed by atoms with Crippen molar-refractivity contribution in [2.24, 2.45) is 5.10 Å². The molecule has 0 fully saturated rings. The van der Waals surface area contributed by atoms with E-state index in [0.29, 0.717) is 11.2 Å². The molecular formula is C25H19N3O3. The molecule has 31 heavy (non-hydrogen) atoms. The highest BCUT2D eigenvalue weighted by Gasteiger charge is 2.13. The molecule has 0 saturated heterocycles. The highest BCUT2D eigenvalue weighted by Crippen LogP contribution is 2.13. The van der Waals surface area contributed by atoms with Crippen molar-refractivity contribution >= 4 is 28.5 Å². The SMILES string of the molecule is O=C(COC(=O)c1ccc2ccccc2n1)NN=C(c1ccccc1)c1ccccc1. The van der Waals surface area contributed by atoms with Crippen molar-refractivity contribution in [2.45, 2.75) is 0 Å². The molecule has 4 aromatic rings. The Bertz CT molecular complexity index is 1200. The number of pyridine rings is 1. The first-order valence-electron chi connectivity index (χ1n) is 9.71. The van der Waals surface area contributed by atoms with Crippen molar-refractivity contribution in [3.63, 3.8) is 0 Å². The van der Waals surface area contributed by atoms with Gasteiger partial charge in [-0.1, -0.05) is 84.9 Å². The van der Waals surface area contributed by atoms with Gasteiger partial charge in [0.15, 0.2) is 6.61 Å². The lowest BCUT2D eigenvalue weighted by molar-refractivity contribution is -0.124. The minimum Gasteiger partial charge on any atom is -0.451 e. The normalized spacial score (nSPS) is 10.3. The van der Waals surface area contributed by atoms with Gasteiger partial charge in [0, 0.05) is 16.5 Å². The number of nitrogens with zero attached hydrogens (tertiary/aromatic N) is 2. The number of fused-ring (bicyclic) bond motifs is 1. The van der Waals surface area contributed by atoms with Crippen LogP contribution >= 0.6 is 0 Å². The second-order valence-electron chi connectivity index (χ2n) is 6.69. The van der Waals surface area contributed by atoms with Gasteiger partial charge in [0.25, 0.3) is 5.91 Å². The first-order chi connectivity index (χ1) is 15.2. The molecule has 1 heterocycles. The summed E-state index contributed by atoms with van der Waals surface area (Å²) < 4.78 is 5.10. The number of esters is 1. The molecule has 3 aromatic carbocycles. The van der Waals surface area contributed by atoms with E-state index in [2.05, 4.69) is 15.5 Å². The molecule has 0 radical (unpaired) electrons. The molecule has 0 saturated carbocycles. The summed E-state index contributed by atoms with van der Waals surface area (Å²) in [6.45, 7) is -0.465. The molecule has 0 aliphatic heterocycles. The van der Waals surface area contributed by atoms with E-state index in [4.69, 9.17) is 4.74 Å². The topological polar surface area (TPSA) is 80.7 Å². The van der Waals surface area contributed by atoms with Gasteiger partial charge in [-0.2, -0.15) is 5.10 Å². The third-order valence-corrected chi connectivity index (χ3v) is 4.53. The number of hydrazone groups is 1. The van der Waals surface area contributed by atoms with E-state index in [1.807, 2.05) is 84.9 Å². The Labute approximate surface area is 179 Å². The van der Waals surface area contributed by atoms with Gasteiger partial charge in [-0.25, -0.2) is 15.2 Å². The summed E-state index contributed by atoms with van der Waals surface area (Å²) in [5.74, 6) is -1.21. The Morgan fingerprint density at radius 3 is 2.06 bits per heavy atom. The number of ether oxygens (including phenoxy) is 1. The third-order valence-electron chi connectivity index (χ3n) is 4.53. The minimum atomic E-state index is -0.670. The van der Waals surface area contributed by atoms with Crippen LogP contribution < -0.4 is 5.43 Å². The molecule has 0 atom stereocenters. The fraction of sp³-hybridized carbons (Fsp3) is 0.0400. The number of hydrogen-bond acceptors (Lipinski definition) is 5. The number of aromatic nitrogens is 1. The van der Waals surface area contributed by atoms with Crippen LogP contribution in [-0.4, -0.2) is 29.2 Å². The fourth-order valence-corrected chi connectivity index (χ4v) is 3.02. The maximum Gasteiger partial charge on any atom is 0.357 e. The number of nitrogens with one attached hydrogen (secondary N) is 1. The number of carbonyl (C=O) groups excluding carboxylic acids is 2. The predicted molar refractivity (Wildman–Crippen MR) is 119 cm³/mol. The Hall–Kier alpha value is -4.32. The molecule has 1 N–H and O–H groups in total. The van der Waals surface area contributed by atoms with Crippen LogP contribution in [0, 0.1) is 0 Å². The Morgan fingerprint density at radius 1 is 0.774 bits per heavy atom. The van der Waals surface area contributed by atoms with E-state index in [1.54, 1.807) is 12.1 Å². The average molecular weight is 409 g/mol. The highest BCUT2D eigenvalue weighted by atomic mass is 16.5. The molecule has 1 aromatic heterocycles. The minimum absolute atomic E-state index is 0.143. The smallest absolute Gasteiger partial charge is 0.357 e. The molecule has 0 aliphatic rings. The molecule has 6 nitrogen and oxygen atoms in total. The second-order valence-corrected chi connectivity index (χ2v) is 6.69. The van der Waals surface area contributed by atoms with E-state index < -0.39 is 18.5 Å². The first kappa shape index (κ1) is 20.0. The van der Waals surface area contributed by atoms with Gasteiger partial charge in [0.2, 0.25) is 0 Å². The number of benzene rings is 3. The van der Waals surface area contributed by atoms with Gasteiger partial charge in [-0.3, -0.25) is 4.79 Å². The zero-order chi connectivity index (χ0) is 21.5. The van der Waals surface area contributed by atoms with Crippen LogP contribution in [-0.2, 0) is 9.53 Å². The zero-order valence-corrected chi connectivity index (χ0v) is 16.6. The van der Waals surface area contributed by atoms with Gasteiger partial charge >= 0.3 is 5.97 Å². The van der Waals surface area contributed by atoms with Crippen LogP contribution in [0.3, 0.4) is 0 Å². The van der Waals surface area contributed by atoms with Crippen molar-refractivity contribution in [2.75, 3.05) is 6.61 Å². The van der Waals surface area contributed by atoms with Crippen molar-refractivity contribution in [1.82, 2.24) is 10.4 Å². The van der Waals surface area contributed by atoms with Gasteiger partial charge in [0.05, 0.1) is 11.2 Å². The van der Waals surface area contributed by atoms with Crippen molar-refractivity contribution in [3.8, 4) is 0 Å². The molecule has 152 valence electrons. The summed E-state index contributed by atoms with van der Waals surface area (Å²) in [6.07, 6.45) is 0. The number of hydrogen-bond donors (Lipinski definition) is 1. The molecule has 0 unspecified atom stereocenters. The molecular weight excluding hydrogens is 390 g/mol. The van der Waals surface area contributed by atoms with Crippen LogP contribution in [0.25, 0.3) is 10.9 Å². The largest absolute Gasteiger partial charge is 0.451 e. The summed E-state index contributed by atoms with van der Waals surface area (Å²) in [6, 6.07) is 29.8. The lowest BCUT2D eigenvalue weighted by Gasteiger charge is -2.08. The molecule has 0 spiro atoms. The van der Waals surface area contributed by atoms with Crippen LogP contribution in [0.1, 0.15) is 21.6 Å². The Balaban J connectivity index is 1.43. The molecule has 0 bridgehead atoms. The summed E-state index contributed by atoms with van der Waals surface area (Å²) in [5, 5.41) is 5.18. The van der Waals surface area contributed by atoms with Crippen LogP contribution in [0.4, 0.5) is 0 Å². The summed E-state index contributed by atoms with van der Waals surface area (Å²) >= 11 is 0. The molecule has 6 heteroatoms. The maximum absolute atomic E-state index is 12.3. The Kier molecular flexibility index (Phi) is 6.09. The van der Waals surface area contributed by atoms with E-state index in [0.717, 1.165) is 16.5 Å².